The summed E-state index contributed by atoms with van der Waals surface area (Å²) in [5.41, 5.74) is 1.68. The maximum absolute atomic E-state index is 13.3. The summed E-state index contributed by atoms with van der Waals surface area (Å²) in [5.74, 6) is 2.65. The number of nitrogens with zero attached hydrogens (tertiary/aromatic N) is 1. The number of aliphatic imine (C=N–C) groups is 1. The number of hydrogen-bond acceptors (Lipinski definition) is 5. The third kappa shape index (κ3) is 4.59. The fraction of sp³-hybridized carbons (Fsp3) is 0.0714. The molecule has 0 aliphatic carbocycles. The molecule has 0 saturated heterocycles. The zero-order valence-corrected chi connectivity index (χ0v) is 18.2. The van der Waals surface area contributed by atoms with Crippen molar-refractivity contribution < 1.29 is 19.1 Å². The van der Waals surface area contributed by atoms with Gasteiger partial charge in [0.2, 0.25) is 5.78 Å². The third-order valence-corrected chi connectivity index (χ3v) is 5.28. The van der Waals surface area contributed by atoms with E-state index in [-0.39, 0.29) is 11.3 Å². The molecular weight excluding hydrogens is 414 g/mol. The average molecular weight is 435 g/mol. The van der Waals surface area contributed by atoms with Crippen LogP contribution < -0.4 is 9.47 Å². The second kappa shape index (κ2) is 9.77. The van der Waals surface area contributed by atoms with Gasteiger partial charge in [-0.3, -0.25) is 4.79 Å². The molecule has 0 spiro atoms. The number of benzene rings is 4. The van der Waals surface area contributed by atoms with E-state index in [0.29, 0.717) is 28.3 Å². The minimum absolute atomic E-state index is 0.154. The topological polar surface area (TPSA) is 65.0 Å². The molecule has 5 nitrogen and oxygen atoms in total. The fourth-order valence-electron chi connectivity index (χ4n) is 3.53. The van der Waals surface area contributed by atoms with Gasteiger partial charge in [-0.2, -0.15) is 0 Å². The van der Waals surface area contributed by atoms with Crippen LogP contribution >= 0.6 is 0 Å². The molecule has 4 aromatic rings. The van der Waals surface area contributed by atoms with Crippen molar-refractivity contribution >= 4 is 33.9 Å². The average Bonchev–Trinajstić information content (AvgIpc) is 2.88. The second-order valence-electron chi connectivity index (χ2n) is 7.22. The molecule has 0 bridgehead atoms. The highest BCUT2D eigenvalue weighted by atomic mass is 16.5. The molecule has 0 radical (unpaired) electrons. The lowest BCUT2D eigenvalue weighted by molar-refractivity contribution is 0.104. The van der Waals surface area contributed by atoms with E-state index in [9.17, 15) is 9.59 Å². The van der Waals surface area contributed by atoms with Gasteiger partial charge in [-0.25, -0.2) is 9.79 Å². The Kier molecular flexibility index (Phi) is 6.44. The number of fused-ring (bicyclic) bond motifs is 1. The van der Waals surface area contributed by atoms with E-state index in [4.69, 9.17) is 14.5 Å². The number of methoxy groups -OCH3 is 2. The number of carbonyl (C=O) groups is 1. The Balaban J connectivity index is 1.88. The van der Waals surface area contributed by atoms with Crippen molar-refractivity contribution in [2.45, 2.75) is 0 Å². The fourth-order valence-corrected chi connectivity index (χ4v) is 3.53. The molecule has 0 aliphatic heterocycles. The van der Waals surface area contributed by atoms with Crippen molar-refractivity contribution in [2.75, 3.05) is 14.2 Å². The van der Waals surface area contributed by atoms with Crippen LogP contribution in [-0.4, -0.2) is 31.7 Å². The summed E-state index contributed by atoms with van der Waals surface area (Å²) in [6, 6.07) is 27.2. The maximum Gasteiger partial charge on any atom is 0.206 e. The first-order valence-corrected chi connectivity index (χ1v) is 10.3. The standard InChI is InChI=1S/C28H21NO4/c1-32-22-14-10-20(11-15-22)27(29-26-9-5-7-19-6-3-4-8-24(19)26)25(18-30)28(31)21-12-16-23(33-2)17-13-21/h3-17H,1-2H3. The number of carbonyl (C=O) groups excluding carboxylic acids is 2. The number of allylic oxidation sites excluding steroid dienone is 1. The van der Waals surface area contributed by atoms with Crippen LogP contribution in [0.4, 0.5) is 5.69 Å². The van der Waals surface area contributed by atoms with Gasteiger partial charge < -0.3 is 9.47 Å². The maximum atomic E-state index is 13.3. The van der Waals surface area contributed by atoms with E-state index in [1.54, 1.807) is 62.8 Å². The van der Waals surface area contributed by atoms with Crippen LogP contribution in [-0.2, 0) is 4.79 Å². The highest BCUT2D eigenvalue weighted by Gasteiger charge is 2.22. The monoisotopic (exact) mass is 435 g/mol. The van der Waals surface area contributed by atoms with Crippen molar-refractivity contribution in [2.24, 2.45) is 4.99 Å². The summed E-state index contributed by atoms with van der Waals surface area (Å²) in [4.78, 5) is 30.2. The molecule has 5 heteroatoms. The van der Waals surface area contributed by atoms with Crippen molar-refractivity contribution in [3.05, 3.63) is 108 Å². The molecule has 4 rings (SSSR count). The first-order chi connectivity index (χ1) is 16.1. The molecule has 0 saturated carbocycles. The summed E-state index contributed by atoms with van der Waals surface area (Å²) in [6.07, 6.45) is 0. The first-order valence-electron chi connectivity index (χ1n) is 10.3. The van der Waals surface area contributed by atoms with Crippen LogP contribution in [0.15, 0.2) is 102 Å². The molecule has 0 atom stereocenters. The van der Waals surface area contributed by atoms with Crippen molar-refractivity contribution in [1.29, 1.82) is 0 Å². The summed E-state index contributed by atoms with van der Waals surface area (Å²) in [6.45, 7) is 0. The largest absolute Gasteiger partial charge is 0.497 e. The summed E-state index contributed by atoms with van der Waals surface area (Å²) in [7, 11) is 3.12. The van der Waals surface area contributed by atoms with E-state index in [1.807, 2.05) is 48.4 Å². The lowest BCUT2D eigenvalue weighted by atomic mass is 9.95. The molecular formula is C28H21NO4. The predicted molar refractivity (Wildman–Crippen MR) is 130 cm³/mol. The lowest BCUT2D eigenvalue weighted by Gasteiger charge is -2.11. The third-order valence-electron chi connectivity index (χ3n) is 5.28. The van der Waals surface area contributed by atoms with Crippen molar-refractivity contribution in [1.82, 2.24) is 0 Å². The molecule has 0 aliphatic rings. The minimum atomic E-state index is -0.470. The van der Waals surface area contributed by atoms with E-state index in [2.05, 4.69) is 0 Å². The van der Waals surface area contributed by atoms with Gasteiger partial charge in [0, 0.05) is 16.5 Å². The first kappa shape index (κ1) is 21.8. The van der Waals surface area contributed by atoms with Gasteiger partial charge in [0.05, 0.1) is 25.6 Å². The zero-order valence-electron chi connectivity index (χ0n) is 18.2. The SMILES string of the molecule is COc1ccc(C(=O)C(=C=O)C(=Nc2cccc3ccccc23)c2ccc(OC)cc2)cc1. The number of rotatable bonds is 7. The molecule has 0 aromatic heterocycles. The molecule has 33 heavy (non-hydrogen) atoms. The number of Topliss-reactive ketones (excluding diaryl/α,β-unsaturated/α-hetero) is 1. The molecule has 0 heterocycles. The Labute approximate surface area is 191 Å². The molecule has 4 aromatic carbocycles. The zero-order chi connectivity index (χ0) is 23.2. The van der Waals surface area contributed by atoms with Gasteiger partial charge in [-0.05, 0) is 60.0 Å². The van der Waals surface area contributed by atoms with Crippen LogP contribution in [0.2, 0.25) is 0 Å². The highest BCUT2D eigenvalue weighted by molar-refractivity contribution is 6.37. The van der Waals surface area contributed by atoms with Crippen LogP contribution in [0.3, 0.4) is 0 Å². The van der Waals surface area contributed by atoms with Crippen LogP contribution in [0.1, 0.15) is 15.9 Å². The van der Waals surface area contributed by atoms with E-state index in [0.717, 1.165) is 10.8 Å². The van der Waals surface area contributed by atoms with Gasteiger partial charge in [-0.1, -0.05) is 36.4 Å². The molecule has 0 unspecified atom stereocenters. The van der Waals surface area contributed by atoms with E-state index >= 15 is 0 Å². The van der Waals surface area contributed by atoms with Gasteiger partial charge in [-0.15, -0.1) is 0 Å². The predicted octanol–water partition coefficient (Wildman–Crippen LogP) is 5.62. The Bertz CT molecular complexity index is 1370. The molecule has 0 N–H and O–H groups in total. The minimum Gasteiger partial charge on any atom is -0.497 e. The van der Waals surface area contributed by atoms with E-state index in [1.165, 1.54) is 0 Å². The summed E-state index contributed by atoms with van der Waals surface area (Å²) >= 11 is 0. The quantitative estimate of drug-likeness (QED) is 0.164. The van der Waals surface area contributed by atoms with Gasteiger partial charge in [0.15, 0.2) is 0 Å². The van der Waals surface area contributed by atoms with E-state index < -0.39 is 5.78 Å². The Hall–Kier alpha value is -4.47. The van der Waals surface area contributed by atoms with Gasteiger partial charge in [0.25, 0.3) is 0 Å². The van der Waals surface area contributed by atoms with Crippen molar-refractivity contribution in [3.8, 4) is 11.5 Å². The van der Waals surface area contributed by atoms with Crippen LogP contribution in [0.25, 0.3) is 10.8 Å². The highest BCUT2D eigenvalue weighted by Crippen LogP contribution is 2.28. The summed E-state index contributed by atoms with van der Waals surface area (Å²) in [5, 5.41) is 1.92. The second-order valence-corrected chi connectivity index (χ2v) is 7.22. The Morgan fingerprint density at radius 2 is 1.30 bits per heavy atom. The van der Waals surface area contributed by atoms with Crippen LogP contribution in [0, 0.1) is 0 Å². The van der Waals surface area contributed by atoms with Gasteiger partial charge >= 0.3 is 0 Å². The number of ketones is 1. The van der Waals surface area contributed by atoms with Crippen LogP contribution in [0.5, 0.6) is 11.5 Å². The number of hydrogen-bond donors (Lipinski definition) is 0. The lowest BCUT2D eigenvalue weighted by Crippen LogP contribution is -2.15. The smallest absolute Gasteiger partial charge is 0.206 e. The molecule has 0 fully saturated rings. The molecule has 162 valence electrons. The summed E-state index contributed by atoms with van der Waals surface area (Å²) < 4.78 is 10.4. The van der Waals surface area contributed by atoms with Gasteiger partial charge in [0.1, 0.15) is 23.0 Å². The Morgan fingerprint density at radius 1 is 0.727 bits per heavy atom. The Morgan fingerprint density at radius 3 is 1.91 bits per heavy atom. The normalized spacial score (nSPS) is 11.0. The van der Waals surface area contributed by atoms with Crippen molar-refractivity contribution in [3.63, 3.8) is 0 Å². The number of ether oxygens (including phenoxy) is 2. The molecule has 0 amide bonds.